The molecular weight excluding hydrogens is 508 g/mol. The topological polar surface area (TPSA) is 24.7 Å². The van der Waals surface area contributed by atoms with E-state index in [0.717, 1.165) is 36.3 Å². The molecule has 0 aliphatic heterocycles. The van der Waals surface area contributed by atoms with E-state index >= 15 is 0 Å². The van der Waals surface area contributed by atoms with Crippen LogP contribution in [0, 0.1) is 0 Å². The number of benzene rings is 2. The van der Waals surface area contributed by atoms with Gasteiger partial charge in [-0.2, -0.15) is 0 Å². The predicted molar refractivity (Wildman–Crippen MR) is 190 cm³/mol. The molecule has 0 N–H and O–H groups in total. The largest absolute Gasteiger partial charge is 0.252 e. The average Bonchev–Trinajstić information content (AvgIpc) is 3.00. The van der Waals surface area contributed by atoms with Gasteiger partial charge in [-0.15, -0.1) is 0 Å². The second-order valence-corrected chi connectivity index (χ2v) is 12.3. The first kappa shape index (κ1) is 36.0. The molecule has 0 bridgehead atoms. The quantitative estimate of drug-likeness (QED) is 0.0934. The van der Waals surface area contributed by atoms with E-state index in [1.54, 1.807) is 0 Å². The molecule has 2 heteroatoms. The summed E-state index contributed by atoms with van der Waals surface area (Å²) in [5.74, 6) is 0. The average molecular weight is 573 g/mol. The number of nitrogens with zero attached hydrogens (tertiary/aromatic N) is 2. The minimum Gasteiger partial charge on any atom is -0.252 e. The van der Waals surface area contributed by atoms with E-state index in [2.05, 4.69) is 77.9 Å². The van der Waals surface area contributed by atoms with Gasteiger partial charge in [-0.1, -0.05) is 111 Å². The lowest BCUT2D eigenvalue weighted by atomic mass is 9.96. The van der Waals surface area contributed by atoms with E-state index in [1.807, 2.05) is 0 Å². The predicted octanol–water partition coefficient (Wildman–Crippen LogP) is 13.1. The molecule has 0 amide bonds. The number of rotatable bonds is 23. The van der Waals surface area contributed by atoms with Gasteiger partial charge in [-0.25, -0.2) is 0 Å². The molecule has 0 unspecified atom stereocenters. The first-order valence-corrected chi connectivity index (χ1v) is 18.0. The highest BCUT2D eigenvalue weighted by atomic mass is 14.8. The van der Waals surface area contributed by atoms with Gasteiger partial charge in [0.1, 0.15) is 0 Å². The first-order chi connectivity index (χ1) is 20.6. The van der Waals surface area contributed by atoms with Crippen molar-refractivity contribution < 1.29 is 0 Å². The fourth-order valence-electron chi connectivity index (χ4n) is 5.85. The number of unbranched alkanes of at least 4 members (excludes halogenated alkanes) is 9. The third-order valence-corrected chi connectivity index (χ3v) is 8.54. The highest BCUT2D eigenvalue weighted by Gasteiger charge is 2.12. The zero-order chi connectivity index (χ0) is 30.4. The highest BCUT2D eigenvalue weighted by Crippen LogP contribution is 2.26. The van der Waals surface area contributed by atoms with Crippen LogP contribution in [0.3, 0.4) is 0 Å². The van der Waals surface area contributed by atoms with E-state index in [1.165, 1.54) is 137 Å². The van der Waals surface area contributed by atoms with Gasteiger partial charge in [0.15, 0.2) is 0 Å². The van der Waals surface area contributed by atoms with Crippen molar-refractivity contribution in [2.75, 3.05) is 0 Å². The SMILES string of the molecule is CCCCCc1ccc(N=C(CC)C(CCCC)=Nc2ccc(CCCCC)c(CCCCC)c2)cc1CCCCC. The van der Waals surface area contributed by atoms with E-state index in [-0.39, 0.29) is 0 Å². The molecule has 42 heavy (non-hydrogen) atoms. The van der Waals surface area contributed by atoms with Crippen LogP contribution in [0.15, 0.2) is 46.4 Å². The van der Waals surface area contributed by atoms with Gasteiger partial charge in [0, 0.05) is 0 Å². The standard InChI is InChI=1S/C40H64N2/c1-7-13-18-22-33-27-29-37(31-35(33)24-20-15-9-3)41-39(12-6)40(26-17-11-5)42-38-30-28-34(23-19-14-8-2)36(32-38)25-21-16-10-4/h27-32H,7-26H2,1-6H3. The van der Waals surface area contributed by atoms with Crippen LogP contribution >= 0.6 is 0 Å². The smallest absolute Gasteiger partial charge is 0.0636 e. The minimum absolute atomic E-state index is 0.907. The maximum Gasteiger partial charge on any atom is 0.0636 e. The van der Waals surface area contributed by atoms with Crippen molar-refractivity contribution in [3.8, 4) is 0 Å². The summed E-state index contributed by atoms with van der Waals surface area (Å²) in [6, 6.07) is 14.0. The van der Waals surface area contributed by atoms with Gasteiger partial charge in [0.25, 0.3) is 0 Å². The Labute approximate surface area is 260 Å². The second kappa shape index (κ2) is 22.3. The van der Waals surface area contributed by atoms with E-state index in [4.69, 9.17) is 9.98 Å². The molecular formula is C40H64N2. The van der Waals surface area contributed by atoms with E-state index in [0.29, 0.717) is 0 Å². The van der Waals surface area contributed by atoms with Crippen molar-refractivity contribution in [1.29, 1.82) is 0 Å². The normalized spacial score (nSPS) is 12.3. The molecule has 0 saturated carbocycles. The lowest BCUT2D eigenvalue weighted by Gasteiger charge is -2.14. The maximum absolute atomic E-state index is 5.33. The Morgan fingerprint density at radius 3 is 1.19 bits per heavy atom. The van der Waals surface area contributed by atoms with Crippen LogP contribution in [0.25, 0.3) is 0 Å². The second-order valence-electron chi connectivity index (χ2n) is 12.3. The fraction of sp³-hybridized carbons (Fsp3) is 0.650. The van der Waals surface area contributed by atoms with Gasteiger partial charge in [-0.3, -0.25) is 9.98 Å². The van der Waals surface area contributed by atoms with Crippen LogP contribution in [0.1, 0.15) is 167 Å². The summed E-state index contributed by atoms with van der Waals surface area (Å²) in [7, 11) is 0. The molecule has 0 atom stereocenters. The summed E-state index contributed by atoms with van der Waals surface area (Å²) in [5, 5.41) is 0. The van der Waals surface area contributed by atoms with Crippen molar-refractivity contribution >= 4 is 22.8 Å². The van der Waals surface area contributed by atoms with Crippen LogP contribution in [0.2, 0.25) is 0 Å². The third-order valence-electron chi connectivity index (χ3n) is 8.54. The minimum atomic E-state index is 0.907. The molecule has 0 radical (unpaired) electrons. The maximum atomic E-state index is 5.33. The van der Waals surface area contributed by atoms with E-state index < -0.39 is 0 Å². The van der Waals surface area contributed by atoms with Crippen molar-refractivity contribution in [1.82, 2.24) is 0 Å². The van der Waals surface area contributed by atoms with Gasteiger partial charge < -0.3 is 0 Å². The molecule has 0 heterocycles. The monoisotopic (exact) mass is 573 g/mol. The molecule has 0 aliphatic carbocycles. The van der Waals surface area contributed by atoms with Crippen LogP contribution < -0.4 is 0 Å². The fourth-order valence-corrected chi connectivity index (χ4v) is 5.85. The van der Waals surface area contributed by atoms with Crippen LogP contribution in [0.5, 0.6) is 0 Å². The van der Waals surface area contributed by atoms with Crippen molar-refractivity contribution in [2.24, 2.45) is 9.98 Å². The third kappa shape index (κ3) is 13.4. The Hall–Kier alpha value is -2.22. The van der Waals surface area contributed by atoms with Gasteiger partial charge in [0.05, 0.1) is 22.8 Å². The van der Waals surface area contributed by atoms with Gasteiger partial charge in [-0.05, 0) is 117 Å². The number of hydrogen-bond acceptors (Lipinski definition) is 2. The molecule has 2 nitrogen and oxygen atoms in total. The zero-order valence-electron chi connectivity index (χ0n) is 28.5. The summed E-state index contributed by atoms with van der Waals surface area (Å²) in [6.07, 6.45) is 24.3. The zero-order valence-corrected chi connectivity index (χ0v) is 28.5. The Morgan fingerprint density at radius 1 is 0.429 bits per heavy atom. The molecule has 0 fully saturated rings. The molecule has 234 valence electrons. The Kier molecular flexibility index (Phi) is 19.1. The molecule has 0 saturated heterocycles. The Bertz CT molecular complexity index is 1060. The molecule has 2 aromatic rings. The summed E-state index contributed by atoms with van der Waals surface area (Å²) in [6.45, 7) is 13.7. The van der Waals surface area contributed by atoms with Crippen LogP contribution in [-0.2, 0) is 25.7 Å². The van der Waals surface area contributed by atoms with Crippen molar-refractivity contribution in [3.05, 3.63) is 58.7 Å². The molecule has 0 spiro atoms. The number of aliphatic imine (C=N–C) groups is 2. The molecule has 0 aromatic heterocycles. The van der Waals surface area contributed by atoms with Crippen LogP contribution in [0.4, 0.5) is 11.4 Å². The summed E-state index contributed by atoms with van der Waals surface area (Å²) >= 11 is 0. The van der Waals surface area contributed by atoms with E-state index in [9.17, 15) is 0 Å². The lowest BCUT2D eigenvalue weighted by molar-refractivity contribution is 0.693. The van der Waals surface area contributed by atoms with Crippen molar-refractivity contribution in [3.63, 3.8) is 0 Å². The number of aryl methyl sites for hydroxylation is 4. The van der Waals surface area contributed by atoms with Gasteiger partial charge >= 0.3 is 0 Å². The highest BCUT2D eigenvalue weighted by molar-refractivity contribution is 6.43. The summed E-state index contributed by atoms with van der Waals surface area (Å²) in [5.41, 5.74) is 10.6. The van der Waals surface area contributed by atoms with Crippen molar-refractivity contribution in [2.45, 2.75) is 170 Å². The van der Waals surface area contributed by atoms with Gasteiger partial charge in [0.2, 0.25) is 0 Å². The molecule has 2 aromatic carbocycles. The Balaban J connectivity index is 2.43. The molecule has 0 aliphatic rings. The number of hydrogen-bond donors (Lipinski definition) is 0. The first-order valence-electron chi connectivity index (χ1n) is 18.0. The summed E-state index contributed by atoms with van der Waals surface area (Å²) in [4.78, 5) is 10.6. The lowest BCUT2D eigenvalue weighted by Crippen LogP contribution is -2.13. The summed E-state index contributed by atoms with van der Waals surface area (Å²) < 4.78 is 0. The Morgan fingerprint density at radius 2 is 0.810 bits per heavy atom. The van der Waals surface area contributed by atoms with Crippen LogP contribution in [-0.4, -0.2) is 11.4 Å². The molecule has 2 rings (SSSR count).